The van der Waals surface area contributed by atoms with Gasteiger partial charge in [0, 0.05) is 56.6 Å². The second kappa shape index (κ2) is 14.7. The highest BCUT2D eigenvalue weighted by Crippen LogP contribution is 2.39. The fourth-order valence-electron chi connectivity index (χ4n) is 8.88. The van der Waals surface area contributed by atoms with Gasteiger partial charge in [-0.2, -0.15) is 0 Å². The summed E-state index contributed by atoms with van der Waals surface area (Å²) in [7, 11) is 0. The van der Waals surface area contributed by atoms with E-state index < -0.39 is 61.4 Å². The smallest absolute Gasteiger partial charge is 0.183 e. The van der Waals surface area contributed by atoms with E-state index in [0.29, 0.717) is 78.7 Å². The molecule has 0 spiro atoms. The lowest BCUT2D eigenvalue weighted by molar-refractivity contribution is -0.281. The van der Waals surface area contributed by atoms with Crippen LogP contribution >= 0.6 is 0 Å². The topological polar surface area (TPSA) is 289 Å². The molecule has 7 aromatic rings. The van der Waals surface area contributed by atoms with Crippen molar-refractivity contribution >= 4 is 44.1 Å². The molecule has 0 radical (unpaired) electrons. The maximum atomic E-state index is 11.1. The van der Waals surface area contributed by atoms with Crippen LogP contribution in [0.1, 0.15) is 11.1 Å². The maximum Gasteiger partial charge on any atom is 0.183 e. The van der Waals surface area contributed by atoms with Gasteiger partial charge in [0.1, 0.15) is 59.2 Å². The molecule has 3 aromatic heterocycles. The molecule has 10 atom stereocenters. The highest BCUT2D eigenvalue weighted by atomic mass is 16.6. The van der Waals surface area contributed by atoms with Crippen molar-refractivity contribution < 1.29 is 50.3 Å². The summed E-state index contributed by atoms with van der Waals surface area (Å²) >= 11 is 0. The van der Waals surface area contributed by atoms with Crippen molar-refractivity contribution in [2.24, 2.45) is 0 Å². The second-order valence-corrected chi connectivity index (χ2v) is 15.9. The third-order valence-electron chi connectivity index (χ3n) is 12.1. The van der Waals surface area contributed by atoms with Crippen LogP contribution in [0, 0.1) is 0 Å². The molecule has 11 rings (SSSR count). The van der Waals surface area contributed by atoms with Gasteiger partial charge >= 0.3 is 0 Å². The minimum atomic E-state index is -1.79. The first-order chi connectivity index (χ1) is 30.0. The monoisotopic (exact) mass is 838 g/mol. The summed E-state index contributed by atoms with van der Waals surface area (Å²) in [6.07, 6.45) is -16.3. The lowest BCUT2D eigenvalue weighted by atomic mass is 9.89. The molecule has 0 saturated carbocycles. The van der Waals surface area contributed by atoms with Gasteiger partial charge in [0.25, 0.3) is 0 Å². The number of aliphatic hydroxyl groups excluding tert-OH is 8. The Kier molecular flexibility index (Phi) is 9.21. The van der Waals surface area contributed by atoms with E-state index >= 15 is 0 Å². The van der Waals surface area contributed by atoms with Gasteiger partial charge in [-0.1, -0.05) is 84.9 Å². The predicted molar refractivity (Wildman–Crippen MR) is 221 cm³/mol. The molecule has 4 aromatic carbocycles. The van der Waals surface area contributed by atoms with Crippen LogP contribution in [-0.4, -0.2) is 142 Å². The molecule has 7 heterocycles. The number of rotatable bonds is 4. The Morgan fingerprint density at radius 1 is 0.387 bits per heavy atom. The lowest BCUT2D eigenvalue weighted by Gasteiger charge is -2.39. The van der Waals surface area contributed by atoms with Gasteiger partial charge in [-0.15, -0.1) is 0 Å². The average Bonchev–Trinajstić information content (AvgIpc) is 4.02. The minimum absolute atomic E-state index is 0.108. The summed E-state index contributed by atoms with van der Waals surface area (Å²) in [5, 5.41) is 87.5. The van der Waals surface area contributed by atoms with Gasteiger partial charge in [0.05, 0.1) is 12.2 Å². The predicted octanol–water partition coefficient (Wildman–Crippen LogP) is 1.55. The quantitative estimate of drug-likeness (QED) is 0.120. The Balaban J connectivity index is 1.24. The van der Waals surface area contributed by atoms with Crippen molar-refractivity contribution in [2.75, 3.05) is 0 Å². The first kappa shape index (κ1) is 38.7. The van der Waals surface area contributed by atoms with Gasteiger partial charge in [-0.25, -0.2) is 29.9 Å². The summed E-state index contributed by atoms with van der Waals surface area (Å²) in [6.45, 7) is 0. The first-order valence-electron chi connectivity index (χ1n) is 20.0. The molecule has 18 nitrogen and oxygen atoms in total. The number of fused-ring (bicyclic) bond motifs is 20. The molecular weight excluding hydrogens is 801 g/mol. The zero-order valence-electron chi connectivity index (χ0n) is 32.3. The first-order valence-corrected chi connectivity index (χ1v) is 20.0. The third-order valence-corrected chi connectivity index (χ3v) is 12.1. The van der Waals surface area contributed by atoms with Crippen LogP contribution in [0.25, 0.3) is 89.7 Å². The molecule has 62 heavy (non-hydrogen) atoms. The van der Waals surface area contributed by atoms with Crippen LogP contribution in [0.2, 0.25) is 0 Å². The van der Waals surface area contributed by atoms with Crippen LogP contribution in [0.3, 0.4) is 0 Å². The largest absolute Gasteiger partial charge is 0.388 e. The number of ether oxygens (including phenoxy) is 2. The number of hydrogen-bond acceptors (Lipinski definition) is 16. The molecule has 0 amide bonds. The van der Waals surface area contributed by atoms with E-state index in [-0.39, 0.29) is 24.1 Å². The van der Waals surface area contributed by atoms with Crippen molar-refractivity contribution in [3.05, 3.63) is 96.1 Å². The zero-order chi connectivity index (χ0) is 42.6. The summed E-state index contributed by atoms with van der Waals surface area (Å²) in [6, 6.07) is 26.2. The van der Waals surface area contributed by atoms with E-state index in [1.165, 1.54) is 0 Å². The number of benzene rings is 4. The molecule has 4 aliphatic rings. The number of aromatic nitrogens is 8. The van der Waals surface area contributed by atoms with E-state index in [4.69, 9.17) is 39.4 Å². The molecular formula is C44H38N8O10. The average molecular weight is 839 g/mol. The van der Waals surface area contributed by atoms with Gasteiger partial charge in [0.15, 0.2) is 35.9 Å². The molecule has 2 saturated heterocycles. The zero-order valence-corrected chi connectivity index (χ0v) is 32.3. The Bertz CT molecular complexity index is 2910. The number of hydrogen-bond donors (Lipinski definition) is 10. The number of aromatic amines is 2. The molecule has 314 valence electrons. The second-order valence-electron chi connectivity index (χ2n) is 15.9. The van der Waals surface area contributed by atoms with Crippen LogP contribution in [0.5, 0.6) is 0 Å². The lowest BCUT2D eigenvalue weighted by Crippen LogP contribution is -2.58. The minimum Gasteiger partial charge on any atom is -0.388 e. The SMILES string of the molecule is O[C@@H]1[C@@H](O)[C@@H](O)O[C@H](Cc2ccc(C[C@H]3O[C@H](O)[C@H](O)[C@@H](O)[C@H]3O)c3c4nc5nc(nc6[nH]c(nc7nc(nc([nH]4)c23)-c2ccccc2-7)c2ccccc62)-c2ccccc2-5)[C@@H]1O. The Labute approximate surface area is 349 Å². The Hall–Kier alpha value is -6.16. The van der Waals surface area contributed by atoms with E-state index in [9.17, 15) is 40.9 Å². The maximum absolute atomic E-state index is 11.1. The molecule has 8 bridgehead atoms. The van der Waals surface area contributed by atoms with Gasteiger partial charge in [-0.3, -0.25) is 0 Å². The van der Waals surface area contributed by atoms with Crippen LogP contribution in [-0.2, 0) is 22.3 Å². The van der Waals surface area contributed by atoms with Gasteiger partial charge in [-0.05, 0) is 11.1 Å². The van der Waals surface area contributed by atoms with Crippen LogP contribution < -0.4 is 0 Å². The molecule has 0 unspecified atom stereocenters. The number of aliphatic hydroxyl groups is 8. The molecule has 10 N–H and O–H groups in total. The van der Waals surface area contributed by atoms with Crippen LogP contribution in [0.15, 0.2) is 84.9 Å². The van der Waals surface area contributed by atoms with Gasteiger partial charge in [0.2, 0.25) is 0 Å². The fourth-order valence-corrected chi connectivity index (χ4v) is 8.88. The molecule has 2 fully saturated rings. The number of nitrogens with one attached hydrogen (secondary N) is 2. The summed E-state index contributed by atoms with van der Waals surface area (Å²) < 4.78 is 11.3. The summed E-state index contributed by atoms with van der Waals surface area (Å²) in [5.41, 5.74) is 5.32. The summed E-state index contributed by atoms with van der Waals surface area (Å²) in [4.78, 5) is 37.0. The van der Waals surface area contributed by atoms with E-state index in [2.05, 4.69) is 9.97 Å². The normalized spacial score (nSPS) is 27.0. The third kappa shape index (κ3) is 6.19. The van der Waals surface area contributed by atoms with Crippen molar-refractivity contribution in [3.63, 3.8) is 0 Å². The van der Waals surface area contributed by atoms with Crippen molar-refractivity contribution in [1.29, 1.82) is 0 Å². The standard InChI is InChI=1S/C44H38N8O10/c53-29-25(61-43(59)33(57)31(29)55)15-17-13-14-18(16-26-30(54)32(56)34(58)44(60)62-26)28-27(17)41-50-39-23-11-5-3-9-21(23)37(48-39)46-35-19-7-1-2-8-20(19)36(45-35)47-38-22-10-4-6-12-24(22)40(49-38)51-42(28)52-41/h1-14,25-26,29-34,43-44,53-60H,15-16H2,(H2,45,46,47,48,49,50,51,52)/t25-,26-,29+,30+,31+,32+,33-,34-,43+,44+/m1/s1. The fraction of sp³-hybridized carbons (Fsp3) is 0.273. The van der Waals surface area contributed by atoms with E-state index in [1.807, 2.05) is 72.8 Å². The molecule has 4 aliphatic heterocycles. The van der Waals surface area contributed by atoms with Gasteiger partial charge < -0.3 is 60.3 Å². The Morgan fingerprint density at radius 2 is 0.726 bits per heavy atom. The molecule has 0 aliphatic carbocycles. The van der Waals surface area contributed by atoms with Crippen molar-refractivity contribution in [3.8, 4) is 45.6 Å². The van der Waals surface area contributed by atoms with Crippen LogP contribution in [0.4, 0.5) is 0 Å². The van der Waals surface area contributed by atoms with Crippen molar-refractivity contribution in [1.82, 2.24) is 39.9 Å². The van der Waals surface area contributed by atoms with E-state index in [1.54, 1.807) is 12.1 Å². The van der Waals surface area contributed by atoms with Crippen molar-refractivity contribution in [2.45, 2.75) is 74.3 Å². The highest BCUT2D eigenvalue weighted by molar-refractivity contribution is 6.09. The number of nitrogens with zero attached hydrogens (tertiary/aromatic N) is 6. The van der Waals surface area contributed by atoms with E-state index in [0.717, 1.165) is 10.8 Å². The Morgan fingerprint density at radius 3 is 1.11 bits per heavy atom. The highest BCUT2D eigenvalue weighted by Gasteiger charge is 2.44. The number of H-pyrrole nitrogens is 2. The molecule has 18 heteroatoms. The summed E-state index contributed by atoms with van der Waals surface area (Å²) in [5.74, 6) is 1.36.